The van der Waals surface area contributed by atoms with Gasteiger partial charge in [-0.05, 0) is 139 Å². The minimum Gasteiger partial charge on any atom is -0.0616 e. The lowest BCUT2D eigenvalue weighted by molar-refractivity contribution is 1.74. The molecule has 0 nitrogen and oxygen atoms in total. The molecule has 0 saturated carbocycles. The zero-order chi connectivity index (χ0) is 27.1. The Morgan fingerprint density at radius 2 is 0.762 bits per heavy atom. The minimum absolute atomic E-state index is 1.30. The summed E-state index contributed by atoms with van der Waals surface area (Å²) in [5.74, 6) is 0. The maximum atomic E-state index is 2.46. The van der Waals surface area contributed by atoms with Gasteiger partial charge in [-0.1, -0.05) is 103 Å². The fourth-order valence-corrected chi connectivity index (χ4v) is 8.26. The van der Waals surface area contributed by atoms with Crippen molar-refractivity contribution in [3.8, 4) is 44.5 Å². The number of benzene rings is 9. The molecule has 11 rings (SSSR count). The van der Waals surface area contributed by atoms with Crippen LogP contribution in [0.2, 0.25) is 0 Å². The van der Waals surface area contributed by atoms with Crippen LogP contribution in [0.3, 0.4) is 0 Å². The van der Waals surface area contributed by atoms with Gasteiger partial charge >= 0.3 is 0 Å². The summed E-state index contributed by atoms with van der Waals surface area (Å²) in [6, 6.07) is 50.5. The molecule has 0 aliphatic heterocycles. The van der Waals surface area contributed by atoms with Crippen molar-refractivity contribution >= 4 is 64.6 Å². The number of rotatable bonds is 0. The van der Waals surface area contributed by atoms with Gasteiger partial charge in [-0.25, -0.2) is 0 Å². The summed E-state index contributed by atoms with van der Waals surface area (Å²) in [6.07, 6.45) is 0. The maximum absolute atomic E-state index is 2.46. The smallest absolute Gasteiger partial charge is 0.00141 e. The predicted octanol–water partition coefficient (Wildman–Crippen LogP) is 11.9. The van der Waals surface area contributed by atoms with E-state index in [-0.39, 0.29) is 0 Å². The third-order valence-corrected chi connectivity index (χ3v) is 10.0. The van der Waals surface area contributed by atoms with E-state index in [0.29, 0.717) is 0 Å². The molecule has 0 saturated heterocycles. The van der Waals surface area contributed by atoms with Gasteiger partial charge in [0.15, 0.2) is 0 Å². The maximum Gasteiger partial charge on any atom is -0.00141 e. The molecule has 0 amide bonds. The van der Waals surface area contributed by atoms with Gasteiger partial charge < -0.3 is 0 Å². The lowest BCUT2D eigenvalue weighted by Gasteiger charge is -2.13. The Balaban J connectivity index is 1.22. The topological polar surface area (TPSA) is 0 Å². The van der Waals surface area contributed by atoms with E-state index >= 15 is 0 Å². The second kappa shape index (κ2) is 7.24. The van der Waals surface area contributed by atoms with E-state index in [0.717, 1.165) is 0 Å². The van der Waals surface area contributed by atoms with E-state index < -0.39 is 0 Å². The first-order chi connectivity index (χ1) is 20.8. The SMILES string of the molecule is c1ccc2c3c4c(cccc4cc2c1)-c1cc2c(ccc4c5cc6c(cc5ccc24)-c2cccc4cccc-6c24)cc1-3. The molecule has 0 radical (unpaired) electrons. The largest absolute Gasteiger partial charge is 0.0616 e. The highest BCUT2D eigenvalue weighted by atomic mass is 14.3. The second-order valence-electron chi connectivity index (χ2n) is 12.0. The van der Waals surface area contributed by atoms with Crippen LogP contribution >= 0.6 is 0 Å². The van der Waals surface area contributed by atoms with E-state index in [4.69, 9.17) is 0 Å². The van der Waals surface area contributed by atoms with Crippen molar-refractivity contribution in [1.82, 2.24) is 0 Å². The van der Waals surface area contributed by atoms with E-state index in [2.05, 4.69) is 133 Å². The highest BCUT2D eigenvalue weighted by molar-refractivity contribution is 6.27. The summed E-state index contributed by atoms with van der Waals surface area (Å²) >= 11 is 0. The lowest BCUT2D eigenvalue weighted by atomic mass is 9.91. The van der Waals surface area contributed by atoms with Gasteiger partial charge in [-0.3, -0.25) is 0 Å². The van der Waals surface area contributed by atoms with Crippen molar-refractivity contribution in [2.45, 2.75) is 0 Å². The molecule has 9 aromatic rings. The van der Waals surface area contributed by atoms with Crippen LogP contribution in [0.5, 0.6) is 0 Å². The van der Waals surface area contributed by atoms with Crippen molar-refractivity contribution < 1.29 is 0 Å². The summed E-state index contributed by atoms with van der Waals surface area (Å²) in [5, 5.41) is 16.0. The van der Waals surface area contributed by atoms with Crippen molar-refractivity contribution in [3.05, 3.63) is 133 Å². The normalized spacial score (nSPS) is 12.8. The average molecular weight is 527 g/mol. The number of hydrogen-bond donors (Lipinski definition) is 0. The fourth-order valence-electron chi connectivity index (χ4n) is 8.26. The van der Waals surface area contributed by atoms with Gasteiger partial charge in [-0.2, -0.15) is 0 Å². The molecule has 0 aromatic heterocycles. The van der Waals surface area contributed by atoms with E-state index in [1.807, 2.05) is 0 Å². The van der Waals surface area contributed by atoms with E-state index in [9.17, 15) is 0 Å². The van der Waals surface area contributed by atoms with Gasteiger partial charge in [0.1, 0.15) is 0 Å². The van der Waals surface area contributed by atoms with Crippen LogP contribution in [-0.4, -0.2) is 0 Å². The summed E-state index contributed by atoms with van der Waals surface area (Å²) in [4.78, 5) is 0. The molecular formula is C42H22. The zero-order valence-corrected chi connectivity index (χ0v) is 22.7. The first-order valence-corrected chi connectivity index (χ1v) is 14.8. The molecule has 0 heterocycles. The third-order valence-electron chi connectivity index (χ3n) is 10.0. The molecule has 2 aliphatic carbocycles. The Morgan fingerprint density at radius 3 is 1.48 bits per heavy atom. The van der Waals surface area contributed by atoms with Crippen molar-refractivity contribution in [2.75, 3.05) is 0 Å². The van der Waals surface area contributed by atoms with Gasteiger partial charge in [0.25, 0.3) is 0 Å². The zero-order valence-electron chi connectivity index (χ0n) is 22.7. The molecule has 42 heavy (non-hydrogen) atoms. The van der Waals surface area contributed by atoms with Crippen molar-refractivity contribution in [1.29, 1.82) is 0 Å². The van der Waals surface area contributed by atoms with Crippen molar-refractivity contribution in [3.63, 3.8) is 0 Å². The van der Waals surface area contributed by atoms with Crippen LogP contribution in [0.4, 0.5) is 0 Å². The first-order valence-electron chi connectivity index (χ1n) is 14.8. The second-order valence-corrected chi connectivity index (χ2v) is 12.0. The highest BCUT2D eigenvalue weighted by Gasteiger charge is 2.25. The van der Waals surface area contributed by atoms with Crippen LogP contribution in [0, 0.1) is 0 Å². The molecule has 190 valence electrons. The highest BCUT2D eigenvalue weighted by Crippen LogP contribution is 2.53. The molecule has 0 fully saturated rings. The summed E-state index contributed by atoms with van der Waals surface area (Å²) in [7, 11) is 0. The number of hydrogen-bond acceptors (Lipinski definition) is 0. The van der Waals surface area contributed by atoms with Crippen LogP contribution < -0.4 is 0 Å². The quantitative estimate of drug-likeness (QED) is 0.136. The van der Waals surface area contributed by atoms with Crippen LogP contribution in [0.1, 0.15) is 0 Å². The van der Waals surface area contributed by atoms with E-state index in [1.165, 1.54) is 109 Å². The van der Waals surface area contributed by atoms with Gasteiger partial charge in [0, 0.05) is 0 Å². The summed E-state index contributed by atoms with van der Waals surface area (Å²) < 4.78 is 0. The molecule has 0 bridgehead atoms. The van der Waals surface area contributed by atoms with Crippen LogP contribution in [0.25, 0.3) is 109 Å². The van der Waals surface area contributed by atoms with Gasteiger partial charge in [0.05, 0.1) is 0 Å². The molecular weight excluding hydrogens is 504 g/mol. The van der Waals surface area contributed by atoms with Crippen LogP contribution in [-0.2, 0) is 0 Å². The molecule has 0 N–H and O–H groups in total. The summed E-state index contributed by atoms with van der Waals surface area (Å²) in [6.45, 7) is 0. The number of fused-ring (bicyclic) bond motifs is 13. The Labute approximate surface area is 242 Å². The predicted molar refractivity (Wildman–Crippen MR) is 180 cm³/mol. The molecule has 2 aliphatic rings. The lowest BCUT2D eigenvalue weighted by Crippen LogP contribution is -1.85. The molecule has 0 heteroatoms. The monoisotopic (exact) mass is 526 g/mol. The Kier molecular flexibility index (Phi) is 3.67. The van der Waals surface area contributed by atoms with E-state index in [1.54, 1.807) is 0 Å². The first kappa shape index (κ1) is 21.3. The fraction of sp³-hybridized carbons (Fsp3) is 0. The molecule has 9 aromatic carbocycles. The Morgan fingerprint density at radius 1 is 0.238 bits per heavy atom. The standard InChI is InChI=1S/C42H22/c1-2-10-28-24(6-1)18-27-9-5-13-33-38-22-35-26(20-39(38)42(28)41(27)33)15-17-29-30(35)16-14-25-19-36-31-11-3-7-23-8-4-12-32(40(23)31)37(36)21-34(25)29/h1-22H. The van der Waals surface area contributed by atoms with Crippen molar-refractivity contribution in [2.24, 2.45) is 0 Å². The Hall–Kier alpha value is -5.46. The van der Waals surface area contributed by atoms with Gasteiger partial charge in [0.2, 0.25) is 0 Å². The van der Waals surface area contributed by atoms with Gasteiger partial charge in [-0.15, -0.1) is 0 Å². The Bertz CT molecular complexity index is 2720. The molecule has 0 atom stereocenters. The third kappa shape index (κ3) is 2.47. The summed E-state index contributed by atoms with van der Waals surface area (Å²) in [5.41, 5.74) is 10.9. The van der Waals surface area contributed by atoms with Crippen LogP contribution in [0.15, 0.2) is 133 Å². The molecule has 0 spiro atoms. The minimum atomic E-state index is 1.30. The molecule has 0 unspecified atom stereocenters. The average Bonchev–Trinajstić information content (AvgIpc) is 3.53.